The molecule has 0 fully saturated rings. The minimum Gasteiger partial charge on any atom is -0.490 e. The van der Waals surface area contributed by atoms with Crippen LogP contribution in [-0.2, 0) is 0 Å². The van der Waals surface area contributed by atoms with E-state index in [4.69, 9.17) is 4.74 Å². The predicted molar refractivity (Wildman–Crippen MR) is 87.2 cm³/mol. The molecule has 0 amide bonds. The molecule has 1 aromatic rings. The largest absolute Gasteiger partial charge is 0.490 e. The van der Waals surface area contributed by atoms with E-state index in [0.29, 0.717) is 0 Å². The topological polar surface area (TPSA) is 41.5 Å². The number of rotatable bonds is 7. The molecule has 4 heteroatoms. The first-order chi connectivity index (χ1) is 9.27. The van der Waals surface area contributed by atoms with Crippen LogP contribution < -0.4 is 10.1 Å². The third-order valence-electron chi connectivity index (χ3n) is 3.71. The summed E-state index contributed by atoms with van der Waals surface area (Å²) in [5, 5.41) is 13.7. The first-order valence-electron chi connectivity index (χ1n) is 7.16. The molecule has 0 heterocycles. The van der Waals surface area contributed by atoms with Gasteiger partial charge in [-0.3, -0.25) is 0 Å². The average molecular weight is 344 g/mol. The number of nitrogens with one attached hydrogen (secondary N) is 1. The minimum atomic E-state index is -0.828. The van der Waals surface area contributed by atoms with E-state index in [1.54, 1.807) is 0 Å². The van der Waals surface area contributed by atoms with Crippen molar-refractivity contribution in [1.82, 2.24) is 5.32 Å². The normalized spacial score (nSPS) is 16.0. The summed E-state index contributed by atoms with van der Waals surface area (Å²) in [6.45, 7) is 11.2. The summed E-state index contributed by atoms with van der Waals surface area (Å²) >= 11 is 3.50. The quantitative estimate of drug-likeness (QED) is 0.788. The maximum absolute atomic E-state index is 10.3. The van der Waals surface area contributed by atoms with Crippen LogP contribution >= 0.6 is 15.9 Å². The Labute approximate surface area is 130 Å². The van der Waals surface area contributed by atoms with Crippen molar-refractivity contribution in [1.29, 1.82) is 0 Å². The number of ether oxygens (including phenoxy) is 1. The molecule has 0 saturated carbocycles. The maximum atomic E-state index is 10.3. The van der Waals surface area contributed by atoms with Crippen LogP contribution in [0.15, 0.2) is 22.7 Å². The minimum absolute atomic E-state index is 0.146. The summed E-state index contributed by atoms with van der Waals surface area (Å²) in [5.41, 5.74) is 0.270. The Bertz CT molecular complexity index is 432. The van der Waals surface area contributed by atoms with E-state index in [1.807, 2.05) is 32.9 Å². The Balaban J connectivity index is 2.89. The van der Waals surface area contributed by atoms with Crippen LogP contribution in [0.1, 0.15) is 46.2 Å². The van der Waals surface area contributed by atoms with Crippen molar-refractivity contribution in [2.24, 2.45) is 5.92 Å². The highest BCUT2D eigenvalue weighted by Crippen LogP contribution is 2.30. The third-order valence-corrected chi connectivity index (χ3v) is 4.21. The number of benzene rings is 1. The Morgan fingerprint density at radius 1 is 1.35 bits per heavy atom. The Morgan fingerprint density at radius 3 is 2.55 bits per heavy atom. The standard InChI is InChI=1S/C16H26BrNO2/c1-6-18-12(4)14-9-13(17)7-8-15(14)20-10-16(5,19)11(2)3/h7-9,11-12,18-19H,6,10H2,1-5H3. The molecule has 1 aromatic carbocycles. The maximum Gasteiger partial charge on any atom is 0.124 e. The van der Waals surface area contributed by atoms with Gasteiger partial charge in [-0.1, -0.05) is 36.7 Å². The zero-order chi connectivity index (χ0) is 15.3. The van der Waals surface area contributed by atoms with Gasteiger partial charge in [0.15, 0.2) is 0 Å². The fourth-order valence-corrected chi connectivity index (χ4v) is 2.17. The van der Waals surface area contributed by atoms with E-state index in [2.05, 4.69) is 41.2 Å². The highest BCUT2D eigenvalue weighted by molar-refractivity contribution is 9.10. The molecule has 1 rings (SSSR count). The fourth-order valence-electron chi connectivity index (χ4n) is 1.80. The second-order valence-electron chi connectivity index (χ2n) is 5.76. The summed E-state index contributed by atoms with van der Waals surface area (Å²) in [6.07, 6.45) is 0. The Hall–Kier alpha value is -0.580. The molecule has 3 nitrogen and oxygen atoms in total. The van der Waals surface area contributed by atoms with Gasteiger partial charge in [0.25, 0.3) is 0 Å². The van der Waals surface area contributed by atoms with E-state index in [1.165, 1.54) is 0 Å². The molecule has 0 aliphatic heterocycles. The molecular weight excluding hydrogens is 318 g/mol. The number of halogens is 1. The molecular formula is C16H26BrNO2. The molecule has 0 aromatic heterocycles. The van der Waals surface area contributed by atoms with Crippen molar-refractivity contribution in [3.05, 3.63) is 28.2 Å². The monoisotopic (exact) mass is 343 g/mol. The molecule has 2 unspecified atom stereocenters. The van der Waals surface area contributed by atoms with Crippen LogP contribution in [0.4, 0.5) is 0 Å². The molecule has 20 heavy (non-hydrogen) atoms. The molecule has 2 atom stereocenters. The SMILES string of the molecule is CCNC(C)c1cc(Br)ccc1OCC(C)(O)C(C)C. The second-order valence-corrected chi connectivity index (χ2v) is 6.68. The molecule has 0 aliphatic rings. The van der Waals surface area contributed by atoms with E-state index in [-0.39, 0.29) is 18.6 Å². The van der Waals surface area contributed by atoms with E-state index in [0.717, 1.165) is 22.3 Å². The van der Waals surface area contributed by atoms with Gasteiger partial charge in [0.1, 0.15) is 12.4 Å². The lowest BCUT2D eigenvalue weighted by atomic mass is 9.93. The predicted octanol–water partition coefficient (Wildman–Crippen LogP) is 3.91. The Kier molecular flexibility index (Phi) is 6.49. The number of aliphatic hydroxyl groups is 1. The molecule has 0 saturated heterocycles. The van der Waals surface area contributed by atoms with Crippen LogP contribution in [0.2, 0.25) is 0 Å². The molecule has 2 N–H and O–H groups in total. The van der Waals surface area contributed by atoms with Crippen molar-refractivity contribution in [3.63, 3.8) is 0 Å². The molecule has 114 valence electrons. The molecule has 0 aliphatic carbocycles. The first-order valence-corrected chi connectivity index (χ1v) is 7.95. The summed E-state index contributed by atoms with van der Waals surface area (Å²) in [7, 11) is 0. The van der Waals surface area contributed by atoms with Crippen LogP contribution in [0, 0.1) is 5.92 Å². The van der Waals surface area contributed by atoms with E-state index < -0.39 is 5.60 Å². The summed E-state index contributed by atoms with van der Waals surface area (Å²) < 4.78 is 6.90. The third kappa shape index (κ3) is 4.76. The smallest absolute Gasteiger partial charge is 0.124 e. The summed E-state index contributed by atoms with van der Waals surface area (Å²) in [5.74, 6) is 0.968. The highest BCUT2D eigenvalue weighted by Gasteiger charge is 2.26. The van der Waals surface area contributed by atoms with Crippen LogP contribution in [-0.4, -0.2) is 23.9 Å². The van der Waals surface area contributed by atoms with Crippen molar-refractivity contribution in [2.75, 3.05) is 13.2 Å². The molecule has 0 spiro atoms. The van der Waals surface area contributed by atoms with Crippen molar-refractivity contribution in [3.8, 4) is 5.75 Å². The zero-order valence-electron chi connectivity index (χ0n) is 13.0. The van der Waals surface area contributed by atoms with E-state index >= 15 is 0 Å². The highest BCUT2D eigenvalue weighted by atomic mass is 79.9. The van der Waals surface area contributed by atoms with Gasteiger partial charge in [0.05, 0.1) is 5.60 Å². The lowest BCUT2D eigenvalue weighted by Gasteiger charge is -2.28. The lowest BCUT2D eigenvalue weighted by Crippen LogP contribution is -2.38. The van der Waals surface area contributed by atoms with Crippen LogP contribution in [0.5, 0.6) is 5.75 Å². The average Bonchev–Trinajstić information content (AvgIpc) is 2.37. The zero-order valence-corrected chi connectivity index (χ0v) is 14.6. The van der Waals surface area contributed by atoms with Crippen LogP contribution in [0.3, 0.4) is 0 Å². The summed E-state index contributed by atoms with van der Waals surface area (Å²) in [4.78, 5) is 0. The van der Waals surface area contributed by atoms with Gasteiger partial charge < -0.3 is 15.2 Å². The van der Waals surface area contributed by atoms with Gasteiger partial charge in [0, 0.05) is 16.1 Å². The van der Waals surface area contributed by atoms with Gasteiger partial charge in [-0.2, -0.15) is 0 Å². The second kappa shape index (κ2) is 7.43. The first kappa shape index (κ1) is 17.5. The fraction of sp³-hybridized carbons (Fsp3) is 0.625. The van der Waals surface area contributed by atoms with Crippen LogP contribution in [0.25, 0.3) is 0 Å². The Morgan fingerprint density at radius 2 is 2.00 bits per heavy atom. The number of hydrogen-bond acceptors (Lipinski definition) is 3. The van der Waals surface area contributed by atoms with Crippen molar-refractivity contribution < 1.29 is 9.84 Å². The lowest BCUT2D eigenvalue weighted by molar-refractivity contribution is -0.0269. The van der Waals surface area contributed by atoms with Gasteiger partial charge >= 0.3 is 0 Å². The molecule has 0 radical (unpaired) electrons. The van der Waals surface area contributed by atoms with E-state index in [9.17, 15) is 5.11 Å². The van der Waals surface area contributed by atoms with Gasteiger partial charge in [-0.05, 0) is 44.5 Å². The summed E-state index contributed by atoms with van der Waals surface area (Å²) in [6, 6.07) is 6.18. The molecule has 0 bridgehead atoms. The van der Waals surface area contributed by atoms with Gasteiger partial charge in [0.2, 0.25) is 0 Å². The van der Waals surface area contributed by atoms with Gasteiger partial charge in [-0.25, -0.2) is 0 Å². The van der Waals surface area contributed by atoms with Crippen molar-refractivity contribution in [2.45, 2.75) is 46.3 Å². The van der Waals surface area contributed by atoms with Gasteiger partial charge in [-0.15, -0.1) is 0 Å². The number of hydrogen-bond donors (Lipinski definition) is 2. The van der Waals surface area contributed by atoms with Crippen molar-refractivity contribution >= 4 is 15.9 Å².